The normalized spacial score (nSPS) is 14.4. The predicted octanol–water partition coefficient (Wildman–Crippen LogP) is -7.94. The Morgan fingerprint density at radius 2 is 1.02 bits per heavy atom. The molecule has 16 nitrogen and oxygen atoms in total. The predicted molar refractivity (Wildman–Crippen MR) is 162 cm³/mol. The second-order valence-corrected chi connectivity index (χ2v) is 10.7. The van der Waals surface area contributed by atoms with E-state index in [4.69, 9.17) is 15.3 Å². The van der Waals surface area contributed by atoms with E-state index >= 15 is 0 Å². The van der Waals surface area contributed by atoms with E-state index in [1.807, 2.05) is 0 Å². The molecule has 1 radical (unpaired) electrons. The molecule has 7 N–H and O–H groups in total. The van der Waals surface area contributed by atoms with Crippen molar-refractivity contribution in [2.24, 2.45) is 0 Å². The van der Waals surface area contributed by atoms with Crippen molar-refractivity contribution in [2.45, 2.75) is 56.8 Å². The van der Waals surface area contributed by atoms with Crippen LogP contribution in [0.15, 0.2) is 60.7 Å². The number of aliphatic hydroxyl groups excluding tert-OH is 5. The number of aliphatic carboxylic acids is 4. The second kappa shape index (κ2) is 25.5. The molecule has 0 aromatic heterocycles. The molecule has 0 aliphatic rings. The van der Waals surface area contributed by atoms with Gasteiger partial charge in [-0.15, -0.1) is 0 Å². The summed E-state index contributed by atoms with van der Waals surface area (Å²) < 4.78 is 0. The minimum Gasteiger partial charge on any atom is -0.549 e. The van der Waals surface area contributed by atoms with Crippen molar-refractivity contribution in [1.29, 1.82) is 0 Å². The average molecular weight is 736 g/mol. The maximum atomic E-state index is 11.8. The first-order valence-electron chi connectivity index (χ1n) is 14.7. The van der Waals surface area contributed by atoms with Gasteiger partial charge in [0.25, 0.3) is 0 Å². The van der Waals surface area contributed by atoms with Crippen LogP contribution < -0.4 is 25.7 Å². The molecule has 0 bridgehead atoms. The minimum atomic E-state index is -1.55. The van der Waals surface area contributed by atoms with Gasteiger partial charge in [0.05, 0.1) is 49.6 Å². The van der Waals surface area contributed by atoms with Crippen molar-refractivity contribution in [3.63, 3.8) is 0 Å². The Morgan fingerprint density at radius 1 is 0.673 bits per heavy atom. The molecule has 49 heavy (non-hydrogen) atoms. The average Bonchev–Trinajstić information content (AvgIpc) is 3.03. The molecule has 17 heteroatoms. The number of likely N-dealkylation sites (N-methyl/N-ethyl adjacent to an activating group) is 1. The number of carboxylic acids is 4. The van der Waals surface area contributed by atoms with Crippen LogP contribution in [0.5, 0.6) is 0 Å². The van der Waals surface area contributed by atoms with Crippen LogP contribution in [0.4, 0.5) is 0 Å². The van der Waals surface area contributed by atoms with Gasteiger partial charge in [-0.2, -0.15) is 0 Å². The molecule has 0 fully saturated rings. The van der Waals surface area contributed by atoms with Crippen LogP contribution in [-0.4, -0.2) is 142 Å². The number of carbonyl (C=O) groups excluding carboxylic acids is 4. The molecule has 2 rings (SSSR count). The third-order valence-electron chi connectivity index (χ3n) is 7.11. The number of nitrogens with zero attached hydrogens (tertiary/aromatic N) is 2. The molecular formula is C32H46MnN3O13-. The first kappa shape index (κ1) is 47.6. The number of carbonyl (C=O) groups is 4. The van der Waals surface area contributed by atoms with E-state index in [2.05, 4.69) is 0 Å². The third-order valence-corrected chi connectivity index (χ3v) is 7.11. The third kappa shape index (κ3) is 18.2. The van der Waals surface area contributed by atoms with Gasteiger partial charge in [0, 0.05) is 26.2 Å². The summed E-state index contributed by atoms with van der Waals surface area (Å²) >= 11 is 0. The number of carboxylic acid groups (broad SMARTS) is 4. The van der Waals surface area contributed by atoms with Crippen LogP contribution in [-0.2, 0) is 49.1 Å². The van der Waals surface area contributed by atoms with E-state index in [1.165, 1.54) is 0 Å². The summed E-state index contributed by atoms with van der Waals surface area (Å²) in [4.78, 5) is 48.4. The number of hydrogen-bond donors (Lipinski definition) is 6. The van der Waals surface area contributed by atoms with Crippen LogP contribution in [0.3, 0.4) is 0 Å². The molecule has 0 spiro atoms. The Kier molecular flexibility index (Phi) is 24.8. The molecule has 2 aromatic rings. The summed E-state index contributed by atoms with van der Waals surface area (Å²) in [6, 6.07) is 14.2. The van der Waals surface area contributed by atoms with Crippen molar-refractivity contribution in [1.82, 2.24) is 9.80 Å². The molecule has 0 saturated carbocycles. The molecule has 0 amide bonds. The molecule has 0 heterocycles. The van der Waals surface area contributed by atoms with E-state index in [0.717, 1.165) is 9.80 Å². The maximum absolute atomic E-state index is 11.8. The summed E-state index contributed by atoms with van der Waals surface area (Å²) in [7, 11) is 1.70. The van der Waals surface area contributed by atoms with Crippen LogP contribution in [0.2, 0.25) is 0 Å². The van der Waals surface area contributed by atoms with Crippen molar-refractivity contribution in [3.05, 3.63) is 71.8 Å². The van der Waals surface area contributed by atoms with Gasteiger partial charge in [0.15, 0.2) is 0 Å². The fourth-order valence-corrected chi connectivity index (χ4v) is 4.62. The summed E-state index contributed by atoms with van der Waals surface area (Å²) in [5, 5.41) is 92.9. The summed E-state index contributed by atoms with van der Waals surface area (Å²) in [6.07, 6.45) is -5.68. The fraction of sp³-hybridized carbons (Fsp3) is 0.500. The zero-order chi connectivity index (χ0) is 35.5. The van der Waals surface area contributed by atoms with E-state index in [-0.39, 0.29) is 57.0 Å². The maximum Gasteiger partial charge on any atom is 2.00 e. The van der Waals surface area contributed by atoms with Crippen LogP contribution in [0.25, 0.3) is 0 Å². The van der Waals surface area contributed by atoms with Gasteiger partial charge in [-0.25, -0.2) is 0 Å². The van der Waals surface area contributed by atoms with E-state index < -0.39 is 80.1 Å². The second-order valence-electron chi connectivity index (χ2n) is 10.7. The standard InChI is InChI=1S/C24H28N2O8.C7H17NO5.CH4.Mn/c27-21(28)15-25(19(23(31)32)13-17-7-3-1-4-8-17)11-12-26(16-22(29)30)20(24(33)34)14-18-9-5-2-6-10-18;1-8-2-4(10)6(12)7(13)5(11)3-9;;/h1-10,19-20H,11-16H2,(H,27,28)(H,29,30)(H,31,32)(H,33,34);4-13H,2-3H2,1H3;1H4;/q;;;+2/p-3/t;4-,5+,6+,7+;;/m.0../s1. The zero-order valence-electron chi connectivity index (χ0n) is 26.2. The largest absolute Gasteiger partial charge is 2.00 e. The Balaban J connectivity index is 0. The van der Waals surface area contributed by atoms with Gasteiger partial charge in [0.1, 0.15) is 31.0 Å². The molecule has 0 saturated heterocycles. The zero-order valence-corrected chi connectivity index (χ0v) is 27.4. The van der Waals surface area contributed by atoms with Gasteiger partial charge in [0.2, 0.25) is 0 Å². The van der Waals surface area contributed by atoms with E-state index in [9.17, 15) is 49.8 Å². The Hall–Kier alpha value is -3.48. The number of quaternary nitrogens is 1. The first-order valence-corrected chi connectivity index (χ1v) is 14.7. The van der Waals surface area contributed by atoms with Gasteiger partial charge >= 0.3 is 17.1 Å². The number of aliphatic hydroxyl groups is 5. The van der Waals surface area contributed by atoms with Gasteiger partial charge < -0.3 is 70.5 Å². The SMILES string of the molecule is C.C[NH2+]C[C@H](O)[C@@H](O)[C@H](O)[C@H](O)CO.O=C([O-])CN(CCN(CC(=O)[O-])C(Cc1ccccc1)C(=O)[O-])C(Cc1ccccc1)C(=O)[O-].[Mn+2]. The number of rotatable bonds is 21. The first-order chi connectivity index (χ1) is 22.2. The minimum absolute atomic E-state index is 0. The monoisotopic (exact) mass is 735 g/mol. The van der Waals surface area contributed by atoms with Gasteiger partial charge in [-0.1, -0.05) is 68.1 Å². The van der Waals surface area contributed by atoms with Crippen molar-refractivity contribution >= 4 is 23.9 Å². The van der Waals surface area contributed by atoms with Crippen molar-refractivity contribution in [3.8, 4) is 0 Å². The van der Waals surface area contributed by atoms with Crippen molar-refractivity contribution < 1.29 is 87.5 Å². The molecular weight excluding hydrogens is 689 g/mol. The summed E-state index contributed by atoms with van der Waals surface area (Å²) in [6.45, 7) is -2.56. The number of hydrogen-bond acceptors (Lipinski definition) is 15. The van der Waals surface area contributed by atoms with Crippen LogP contribution in [0.1, 0.15) is 18.6 Å². The van der Waals surface area contributed by atoms with Crippen LogP contribution in [0, 0.1) is 0 Å². The summed E-state index contributed by atoms with van der Waals surface area (Å²) in [5.74, 6) is -6.16. The molecule has 0 aliphatic carbocycles. The molecule has 2 unspecified atom stereocenters. The topological polar surface area (TPSA) is 285 Å². The van der Waals surface area contributed by atoms with Crippen LogP contribution >= 0.6 is 0 Å². The molecule has 0 aliphatic heterocycles. The summed E-state index contributed by atoms with van der Waals surface area (Å²) in [5.41, 5.74) is 1.23. The van der Waals surface area contributed by atoms with E-state index in [0.29, 0.717) is 11.1 Å². The van der Waals surface area contributed by atoms with E-state index in [1.54, 1.807) is 73.0 Å². The number of benzene rings is 2. The Morgan fingerprint density at radius 3 is 1.31 bits per heavy atom. The Bertz CT molecular complexity index is 1150. The quantitative estimate of drug-likeness (QED) is 0.0650. The van der Waals surface area contributed by atoms with Crippen molar-refractivity contribution in [2.75, 3.05) is 46.4 Å². The number of nitrogens with two attached hydrogens (primary N) is 1. The molecule has 2 aromatic carbocycles. The fourth-order valence-electron chi connectivity index (χ4n) is 4.62. The molecule has 6 atom stereocenters. The smallest absolute Gasteiger partial charge is 0.549 e. The molecule has 275 valence electrons. The van der Waals surface area contributed by atoms with Gasteiger partial charge in [-0.3, -0.25) is 9.80 Å². The van der Waals surface area contributed by atoms with Gasteiger partial charge in [-0.05, 0) is 24.0 Å². The Labute approximate surface area is 295 Å².